The van der Waals surface area contributed by atoms with Gasteiger partial charge < -0.3 is 0 Å². The first-order valence-corrected chi connectivity index (χ1v) is 24.4. The molecule has 3 fully saturated rings. The Kier molecular flexibility index (Phi) is 12.9. The molecule has 4 aromatic rings. The average Bonchev–Trinajstić information content (AvgIpc) is 3.94. The first-order valence-electron chi connectivity index (χ1n) is 18.4. The van der Waals surface area contributed by atoms with Gasteiger partial charge in [-0.05, 0) is 0 Å². The van der Waals surface area contributed by atoms with Crippen molar-refractivity contribution in [1.29, 1.82) is 5.26 Å². The van der Waals surface area contributed by atoms with Gasteiger partial charge in [-0.1, -0.05) is 0 Å². The summed E-state index contributed by atoms with van der Waals surface area (Å²) >= 11 is 8.72. The second kappa shape index (κ2) is 17.5. The molecule has 0 saturated carbocycles. The van der Waals surface area contributed by atoms with Crippen molar-refractivity contribution >= 4 is 72.9 Å². The van der Waals surface area contributed by atoms with Crippen LogP contribution in [-0.4, -0.2) is 113 Å². The second-order valence-electron chi connectivity index (χ2n) is 14.4. The minimum absolute atomic E-state index is 0.124. The fourth-order valence-corrected chi connectivity index (χ4v) is 10.4. The zero-order chi connectivity index (χ0) is 43.3. The van der Waals surface area contributed by atoms with Gasteiger partial charge in [0, 0.05) is 0 Å². The molecule has 0 bridgehead atoms. The van der Waals surface area contributed by atoms with E-state index in [1.165, 1.54) is 0 Å². The number of rotatable bonds is 9. The van der Waals surface area contributed by atoms with Crippen molar-refractivity contribution in [1.82, 2.24) is 39.3 Å². The number of ether oxygens (including phenoxy) is 2. The van der Waals surface area contributed by atoms with Crippen LogP contribution in [0.4, 0.5) is 8.78 Å². The summed E-state index contributed by atoms with van der Waals surface area (Å²) in [5.41, 5.74) is 2.93. The second-order valence-corrected chi connectivity index (χ2v) is 21.3. The van der Waals surface area contributed by atoms with Gasteiger partial charge in [-0.2, -0.15) is 0 Å². The average molecular weight is 924 g/mol. The molecule has 29 heteroatoms. The molecule has 4 aromatic heterocycles. The van der Waals surface area contributed by atoms with Crippen molar-refractivity contribution in [2.45, 2.75) is 83.1 Å². The maximum absolute atomic E-state index is 16.7. The van der Waals surface area contributed by atoms with E-state index in [4.69, 9.17) is 32.1 Å². The number of halogens is 2. The third kappa shape index (κ3) is 9.06. The number of aromatic nitrogens is 8. The molecule has 0 aromatic carbocycles. The number of nitrogens with zero attached hydrogens (tertiary/aromatic N) is 7. The van der Waals surface area contributed by atoms with E-state index in [0.717, 1.165) is 22.0 Å². The predicted octanol–water partition coefficient (Wildman–Crippen LogP) is 1.68. The number of H-pyrrole nitrogens is 2. The molecule has 8 atom stereocenters. The summed E-state index contributed by atoms with van der Waals surface area (Å²) in [6, 6.07) is 1.89. The van der Waals surface area contributed by atoms with Gasteiger partial charge in [0.2, 0.25) is 0 Å². The molecule has 0 spiro atoms. The number of alkyl halides is 2. The van der Waals surface area contributed by atoms with Gasteiger partial charge in [0.1, 0.15) is 0 Å². The van der Waals surface area contributed by atoms with Gasteiger partial charge in [0.25, 0.3) is 0 Å². The topological polar surface area (TPSA) is 294 Å². The van der Waals surface area contributed by atoms with Crippen molar-refractivity contribution in [3.8, 4) is 6.07 Å². The van der Waals surface area contributed by atoms with E-state index >= 15 is 8.78 Å². The van der Waals surface area contributed by atoms with Gasteiger partial charge in [-0.25, -0.2) is 0 Å². The van der Waals surface area contributed by atoms with Gasteiger partial charge in [-0.15, -0.1) is 0 Å². The number of nitriles is 1. The van der Waals surface area contributed by atoms with Crippen LogP contribution in [0.2, 0.25) is 0 Å². The van der Waals surface area contributed by atoms with E-state index in [2.05, 4.69) is 65.3 Å². The quantitative estimate of drug-likeness (QED) is 0.0714. The standard InChI is InChI=1S/C31H41F2N11O12P2S2/c1-12(2)28(45)41-43-10-35-18-26(43)37-24(39-30(18)47)22-16(32)20-15(54-22)9-52-58(60,50-7-5-6-34)56-21-14(8-51-57(49,59)55-20)53-23(17(21)33)25-38-27-19(31(48)40-25)36-11-44(27)42-29(46)13(3)4/h10-17,20-23,49,57-60H,5,7-9H2,1-4H3,(H,41,45)(H,42,46)(H,37,39,47)(H,38,40,48). The summed E-state index contributed by atoms with van der Waals surface area (Å²) in [5, 5.41) is 9.21. The van der Waals surface area contributed by atoms with E-state index in [9.17, 15) is 29.3 Å². The number of amides is 2. The SMILES string of the molecule is CC(C)C(=O)Nn1cnc2c(=O)[nH]c(C3OC4CO[PH](S)(OCCC#N)OC5C(CO[PH](O)(S)OC4C3F)OC(c3nc4c(ncn4NC(=O)C(C)C)c(=O)[nH]3)C5F)nc21. The Bertz CT molecular complexity index is 2440. The van der Waals surface area contributed by atoms with Crippen LogP contribution in [0.3, 0.4) is 0 Å². The van der Waals surface area contributed by atoms with Crippen LogP contribution in [0.25, 0.3) is 22.3 Å². The molecular weight excluding hydrogens is 882 g/mol. The number of thiol groups is 2. The molecule has 23 nitrogen and oxygen atoms in total. The first kappa shape index (κ1) is 44.3. The molecule has 328 valence electrons. The van der Waals surface area contributed by atoms with Crippen molar-refractivity contribution in [3.63, 3.8) is 0 Å². The summed E-state index contributed by atoms with van der Waals surface area (Å²) in [6.07, 6.45) is -11.9. The molecule has 7 heterocycles. The molecule has 2 amide bonds. The fourth-order valence-electron chi connectivity index (χ4n) is 6.30. The number of aromatic amines is 2. The zero-order valence-electron chi connectivity index (χ0n) is 32.0. The molecule has 8 unspecified atom stereocenters. The monoisotopic (exact) mass is 923 g/mol. The number of nitrogens with one attached hydrogen (secondary N) is 4. The number of hydrogen-bond donors (Lipinski definition) is 7. The van der Waals surface area contributed by atoms with Crippen molar-refractivity contribution < 1.29 is 55.4 Å². The Labute approximate surface area is 348 Å². The Morgan fingerprint density at radius 1 is 0.900 bits per heavy atom. The number of fused-ring (bicyclic) bond motifs is 4. The third-order valence-electron chi connectivity index (χ3n) is 9.42. The normalized spacial score (nSPS) is 29.0. The first-order chi connectivity index (χ1) is 28.4. The summed E-state index contributed by atoms with van der Waals surface area (Å²) in [5.74, 6) is -2.42. The van der Waals surface area contributed by atoms with Crippen LogP contribution in [-0.2, 0) is 41.7 Å². The number of hydrogen-bond acceptors (Lipinski definition) is 19. The number of imidazole rings is 2. The summed E-state index contributed by atoms with van der Waals surface area (Å²) < 4.78 is 76.8. The molecule has 3 saturated heterocycles. The van der Waals surface area contributed by atoms with Gasteiger partial charge in [0.05, 0.1) is 0 Å². The zero-order valence-corrected chi connectivity index (χ0v) is 35.8. The molecule has 60 heavy (non-hydrogen) atoms. The van der Waals surface area contributed by atoms with Crippen LogP contribution in [0, 0.1) is 23.2 Å². The number of carbonyl (C=O) groups is 2. The molecule has 0 aliphatic carbocycles. The van der Waals surface area contributed by atoms with Crippen LogP contribution in [0.1, 0.15) is 58.0 Å². The van der Waals surface area contributed by atoms with Crippen LogP contribution in [0.15, 0.2) is 22.2 Å². The van der Waals surface area contributed by atoms with E-state index in [-0.39, 0.29) is 47.0 Å². The van der Waals surface area contributed by atoms with E-state index < -0.39 is 111 Å². The molecule has 7 rings (SSSR count). The van der Waals surface area contributed by atoms with Crippen molar-refractivity contribution in [3.05, 3.63) is 45.0 Å². The molecule has 3 aliphatic heterocycles. The van der Waals surface area contributed by atoms with Crippen LogP contribution in [0.5, 0.6) is 0 Å². The van der Waals surface area contributed by atoms with Crippen LogP contribution < -0.4 is 22.0 Å². The summed E-state index contributed by atoms with van der Waals surface area (Å²) in [4.78, 5) is 83.8. The van der Waals surface area contributed by atoms with Crippen LogP contribution >= 0.6 is 38.8 Å². The van der Waals surface area contributed by atoms with Gasteiger partial charge in [0.15, 0.2) is 0 Å². The van der Waals surface area contributed by atoms with Gasteiger partial charge in [-0.3, -0.25) is 0 Å². The maximum atomic E-state index is 16.7. The van der Waals surface area contributed by atoms with Crippen molar-refractivity contribution in [2.24, 2.45) is 11.8 Å². The van der Waals surface area contributed by atoms with Crippen molar-refractivity contribution in [2.75, 3.05) is 30.7 Å². The van der Waals surface area contributed by atoms with Gasteiger partial charge >= 0.3 is 349 Å². The molecular formula is C31H41F2N11O12P2S2. The Morgan fingerprint density at radius 3 is 1.83 bits per heavy atom. The summed E-state index contributed by atoms with van der Waals surface area (Å²) in [6.45, 7) is 4.93. The van der Waals surface area contributed by atoms with E-state index in [1.807, 2.05) is 6.07 Å². The third-order valence-corrected chi connectivity index (χ3v) is 14.0. The fraction of sp³-hybridized carbons (Fsp3) is 0.581. The Morgan fingerprint density at radius 2 is 1.37 bits per heavy atom. The number of carbonyl (C=O) groups excluding carboxylic acids is 2. The Balaban J connectivity index is 1.18. The summed E-state index contributed by atoms with van der Waals surface area (Å²) in [7, 11) is -9.13. The molecule has 0 radical (unpaired) electrons. The van der Waals surface area contributed by atoms with E-state index in [0.29, 0.717) is 0 Å². The Hall–Kier alpha value is -3.77. The van der Waals surface area contributed by atoms with E-state index in [1.54, 1.807) is 27.7 Å². The molecule has 3 aliphatic rings. The molecule has 5 N–H and O–H groups in total. The minimum atomic E-state index is -4.71. The predicted molar refractivity (Wildman–Crippen MR) is 214 cm³/mol.